The van der Waals surface area contributed by atoms with Crippen molar-refractivity contribution in [1.82, 2.24) is 25.4 Å². The standard InChI is InChI=1S/C20H19N5O2S/c1-12-4-6-14(7-5-12)17-21-20(25-22-17)28-13(2)18-23-24-19(27-18)15-8-10-16(26-3)11-9-15/h4-11,13H,1-3H3,(H,21,22,25)/t13-/m0/s1. The van der Waals surface area contributed by atoms with Gasteiger partial charge >= 0.3 is 0 Å². The van der Waals surface area contributed by atoms with Gasteiger partial charge in [0.2, 0.25) is 16.9 Å². The molecular weight excluding hydrogens is 374 g/mol. The minimum absolute atomic E-state index is 0.0823. The van der Waals surface area contributed by atoms with Crippen LogP contribution in [0.2, 0.25) is 0 Å². The first kappa shape index (κ1) is 18.2. The Kier molecular flexibility index (Phi) is 5.12. The molecule has 4 aromatic rings. The van der Waals surface area contributed by atoms with E-state index in [1.165, 1.54) is 17.3 Å². The number of hydrogen-bond acceptors (Lipinski definition) is 7. The Morgan fingerprint density at radius 1 is 1.00 bits per heavy atom. The van der Waals surface area contributed by atoms with E-state index in [1.54, 1.807) is 7.11 Å². The molecule has 2 aromatic heterocycles. The molecule has 0 amide bonds. The predicted octanol–water partition coefficient (Wildman–Crippen LogP) is 4.69. The molecule has 0 aliphatic rings. The molecule has 0 saturated carbocycles. The average Bonchev–Trinajstić information content (AvgIpc) is 3.39. The summed E-state index contributed by atoms with van der Waals surface area (Å²) < 4.78 is 11.0. The molecule has 1 atom stereocenters. The fourth-order valence-electron chi connectivity index (χ4n) is 2.60. The Hall–Kier alpha value is -3.13. The van der Waals surface area contributed by atoms with Crippen LogP contribution >= 0.6 is 11.8 Å². The number of H-pyrrole nitrogens is 1. The van der Waals surface area contributed by atoms with Crippen molar-refractivity contribution >= 4 is 11.8 Å². The lowest BCUT2D eigenvalue weighted by Gasteiger charge is -2.02. The Morgan fingerprint density at radius 3 is 2.43 bits per heavy atom. The van der Waals surface area contributed by atoms with Crippen LogP contribution in [0.3, 0.4) is 0 Å². The van der Waals surface area contributed by atoms with Gasteiger partial charge in [0.25, 0.3) is 0 Å². The molecule has 0 bridgehead atoms. The molecule has 0 spiro atoms. The van der Waals surface area contributed by atoms with E-state index in [4.69, 9.17) is 9.15 Å². The maximum Gasteiger partial charge on any atom is 0.247 e. The minimum atomic E-state index is -0.0823. The molecule has 28 heavy (non-hydrogen) atoms. The van der Waals surface area contributed by atoms with Gasteiger partial charge in [-0.05, 0) is 38.1 Å². The summed E-state index contributed by atoms with van der Waals surface area (Å²) >= 11 is 1.46. The van der Waals surface area contributed by atoms with E-state index < -0.39 is 0 Å². The topological polar surface area (TPSA) is 89.7 Å². The molecule has 1 N–H and O–H groups in total. The fraction of sp³-hybridized carbons (Fsp3) is 0.200. The van der Waals surface area contributed by atoms with Gasteiger partial charge in [-0.25, -0.2) is 4.98 Å². The summed E-state index contributed by atoms with van der Waals surface area (Å²) in [6.45, 7) is 4.04. The third-order valence-corrected chi connectivity index (χ3v) is 5.15. The molecule has 0 aliphatic carbocycles. The van der Waals surface area contributed by atoms with Crippen LogP contribution in [0.15, 0.2) is 58.1 Å². The lowest BCUT2D eigenvalue weighted by atomic mass is 10.1. The van der Waals surface area contributed by atoms with Crippen molar-refractivity contribution in [2.75, 3.05) is 7.11 Å². The van der Waals surface area contributed by atoms with E-state index in [2.05, 4.69) is 32.3 Å². The van der Waals surface area contributed by atoms with Gasteiger partial charge in [-0.2, -0.15) is 0 Å². The predicted molar refractivity (Wildman–Crippen MR) is 107 cm³/mol. The molecule has 2 heterocycles. The zero-order chi connectivity index (χ0) is 19.5. The number of nitrogens with zero attached hydrogens (tertiary/aromatic N) is 4. The summed E-state index contributed by atoms with van der Waals surface area (Å²) in [5, 5.41) is 16.1. The van der Waals surface area contributed by atoms with Crippen molar-refractivity contribution in [3.05, 3.63) is 60.0 Å². The number of thioether (sulfide) groups is 1. The van der Waals surface area contributed by atoms with Crippen LogP contribution in [0.1, 0.15) is 23.6 Å². The maximum absolute atomic E-state index is 5.83. The Bertz CT molecular complexity index is 1060. The second-order valence-electron chi connectivity index (χ2n) is 6.27. The van der Waals surface area contributed by atoms with E-state index in [9.17, 15) is 0 Å². The van der Waals surface area contributed by atoms with E-state index in [0.717, 1.165) is 22.7 Å². The summed E-state index contributed by atoms with van der Waals surface area (Å²) in [5.41, 5.74) is 3.05. The zero-order valence-corrected chi connectivity index (χ0v) is 16.5. The smallest absolute Gasteiger partial charge is 0.247 e. The number of ether oxygens (including phenoxy) is 1. The first-order chi connectivity index (χ1) is 13.6. The molecule has 0 unspecified atom stereocenters. The van der Waals surface area contributed by atoms with Crippen LogP contribution in [0.25, 0.3) is 22.8 Å². The average molecular weight is 393 g/mol. The third kappa shape index (κ3) is 3.91. The van der Waals surface area contributed by atoms with Crippen molar-refractivity contribution in [1.29, 1.82) is 0 Å². The summed E-state index contributed by atoms with van der Waals surface area (Å²) in [4.78, 5) is 4.55. The van der Waals surface area contributed by atoms with Crippen molar-refractivity contribution in [3.63, 3.8) is 0 Å². The first-order valence-corrected chi connectivity index (χ1v) is 9.64. The van der Waals surface area contributed by atoms with Crippen molar-refractivity contribution in [3.8, 4) is 28.6 Å². The highest BCUT2D eigenvalue weighted by Gasteiger charge is 2.19. The normalized spacial score (nSPS) is 12.1. The number of nitrogens with one attached hydrogen (secondary N) is 1. The Balaban J connectivity index is 1.46. The second kappa shape index (κ2) is 7.85. The molecule has 0 saturated heterocycles. The fourth-order valence-corrected chi connectivity index (χ4v) is 3.35. The molecule has 142 valence electrons. The monoisotopic (exact) mass is 393 g/mol. The third-order valence-electron chi connectivity index (χ3n) is 4.20. The zero-order valence-electron chi connectivity index (χ0n) is 15.7. The van der Waals surface area contributed by atoms with Gasteiger partial charge in [-0.3, -0.25) is 5.10 Å². The summed E-state index contributed by atoms with van der Waals surface area (Å²) in [6.07, 6.45) is 0. The largest absolute Gasteiger partial charge is 0.497 e. The molecular formula is C20H19N5O2S. The van der Waals surface area contributed by atoms with Gasteiger partial charge in [0.1, 0.15) is 5.75 Å². The number of aromatic nitrogens is 5. The van der Waals surface area contributed by atoms with Gasteiger partial charge in [0.15, 0.2) is 5.82 Å². The van der Waals surface area contributed by atoms with Crippen LogP contribution in [0.5, 0.6) is 5.75 Å². The van der Waals surface area contributed by atoms with Crippen molar-refractivity contribution < 1.29 is 9.15 Å². The number of rotatable bonds is 6. The molecule has 8 heteroatoms. The van der Waals surface area contributed by atoms with Crippen LogP contribution < -0.4 is 4.74 Å². The summed E-state index contributed by atoms with van der Waals surface area (Å²) in [5.74, 6) is 2.51. The Morgan fingerprint density at radius 2 is 1.71 bits per heavy atom. The van der Waals surface area contributed by atoms with Crippen LogP contribution in [0.4, 0.5) is 0 Å². The first-order valence-electron chi connectivity index (χ1n) is 8.76. The van der Waals surface area contributed by atoms with Crippen molar-refractivity contribution in [2.45, 2.75) is 24.3 Å². The van der Waals surface area contributed by atoms with Crippen LogP contribution in [-0.4, -0.2) is 32.5 Å². The highest BCUT2D eigenvalue weighted by molar-refractivity contribution is 7.99. The number of aryl methyl sites for hydroxylation is 1. The number of benzene rings is 2. The van der Waals surface area contributed by atoms with Gasteiger partial charge in [-0.1, -0.05) is 41.6 Å². The van der Waals surface area contributed by atoms with E-state index >= 15 is 0 Å². The summed E-state index contributed by atoms with van der Waals surface area (Å²) in [6, 6.07) is 15.6. The van der Waals surface area contributed by atoms with E-state index in [1.807, 2.05) is 55.5 Å². The molecule has 2 aromatic carbocycles. The molecule has 0 radical (unpaired) electrons. The van der Waals surface area contributed by atoms with Crippen molar-refractivity contribution in [2.24, 2.45) is 0 Å². The lowest BCUT2D eigenvalue weighted by molar-refractivity contribution is 0.415. The quantitative estimate of drug-likeness (QED) is 0.475. The van der Waals surface area contributed by atoms with Gasteiger partial charge < -0.3 is 9.15 Å². The second-order valence-corrected chi connectivity index (χ2v) is 7.57. The molecule has 0 aliphatic heterocycles. The molecule has 7 nitrogen and oxygen atoms in total. The van der Waals surface area contributed by atoms with Gasteiger partial charge in [0, 0.05) is 11.1 Å². The van der Waals surface area contributed by atoms with E-state index in [0.29, 0.717) is 16.9 Å². The molecule has 4 rings (SSSR count). The number of aromatic amines is 1. The lowest BCUT2D eigenvalue weighted by Crippen LogP contribution is -1.89. The van der Waals surface area contributed by atoms with Gasteiger partial charge in [-0.15, -0.1) is 15.3 Å². The van der Waals surface area contributed by atoms with Crippen LogP contribution in [-0.2, 0) is 0 Å². The minimum Gasteiger partial charge on any atom is -0.497 e. The SMILES string of the molecule is COc1ccc(-c2nnc([C@H](C)Sc3n[nH]c(-c4ccc(C)cc4)n3)o2)cc1. The summed E-state index contributed by atoms with van der Waals surface area (Å²) in [7, 11) is 1.63. The maximum atomic E-state index is 5.83. The highest BCUT2D eigenvalue weighted by atomic mass is 32.2. The van der Waals surface area contributed by atoms with Crippen LogP contribution in [0, 0.1) is 6.92 Å². The molecule has 0 fully saturated rings. The Labute approximate surface area is 166 Å². The number of methoxy groups -OCH3 is 1. The number of hydrogen-bond donors (Lipinski definition) is 1. The van der Waals surface area contributed by atoms with Gasteiger partial charge in [0.05, 0.1) is 12.4 Å². The highest BCUT2D eigenvalue weighted by Crippen LogP contribution is 2.34. The van der Waals surface area contributed by atoms with E-state index in [-0.39, 0.29) is 5.25 Å².